The molecule has 1 atom stereocenters. The number of amides is 1. The van der Waals surface area contributed by atoms with E-state index in [1.165, 1.54) is 12.3 Å². The van der Waals surface area contributed by atoms with Gasteiger partial charge in [0.05, 0.1) is 6.20 Å². The Balaban J connectivity index is 1.64. The van der Waals surface area contributed by atoms with E-state index in [1.807, 2.05) is 13.1 Å². The van der Waals surface area contributed by atoms with Crippen molar-refractivity contribution >= 4 is 11.7 Å². The highest BCUT2D eigenvalue weighted by Crippen LogP contribution is 2.19. The molecule has 7 nitrogen and oxygen atoms in total. The maximum atomic E-state index is 12.5. The minimum absolute atomic E-state index is 0.0453. The lowest BCUT2D eigenvalue weighted by Gasteiger charge is -2.34. The normalized spacial score (nSPS) is 18.2. The minimum Gasteiger partial charge on any atom is -0.355 e. The van der Waals surface area contributed by atoms with Gasteiger partial charge < -0.3 is 10.2 Å². The summed E-state index contributed by atoms with van der Waals surface area (Å²) in [6.07, 6.45) is 2.34. The Bertz CT molecular complexity index is 698. The Hall–Kier alpha value is -2.45. The molecule has 0 unspecified atom stereocenters. The van der Waals surface area contributed by atoms with Gasteiger partial charge in [0.2, 0.25) is 0 Å². The average molecular weight is 338 g/mol. The van der Waals surface area contributed by atoms with Gasteiger partial charge in [-0.15, -0.1) is 0 Å². The number of carbonyl (C=O) groups excluding carboxylic acids is 1. The van der Waals surface area contributed by atoms with Crippen LogP contribution in [0.15, 0.2) is 24.5 Å². The third-order valence-corrected chi connectivity index (χ3v) is 4.14. The summed E-state index contributed by atoms with van der Waals surface area (Å²) >= 11 is 0. The second-order valence-electron chi connectivity index (χ2n) is 5.86. The molecule has 0 bridgehead atoms. The summed E-state index contributed by atoms with van der Waals surface area (Å²) in [6.45, 7) is 0.977. The van der Waals surface area contributed by atoms with Gasteiger partial charge in [-0.2, -0.15) is 10.2 Å². The molecular weight excluding hydrogens is 318 g/mol. The summed E-state index contributed by atoms with van der Waals surface area (Å²) in [7, 11) is 1.88. The number of aryl methyl sites for hydroxylation is 1. The predicted octanol–water partition coefficient (Wildman–Crippen LogP) is 1.28. The van der Waals surface area contributed by atoms with E-state index < -0.39 is 13.0 Å². The lowest BCUT2D eigenvalue weighted by molar-refractivity contribution is 0.0904. The van der Waals surface area contributed by atoms with Crippen molar-refractivity contribution in [2.75, 3.05) is 18.0 Å². The van der Waals surface area contributed by atoms with Gasteiger partial charge in [-0.1, -0.05) is 0 Å². The van der Waals surface area contributed by atoms with E-state index in [-0.39, 0.29) is 17.6 Å². The predicted molar refractivity (Wildman–Crippen MR) is 84.1 cm³/mol. The van der Waals surface area contributed by atoms with E-state index in [4.69, 9.17) is 0 Å². The lowest BCUT2D eigenvalue weighted by atomic mass is 10.1. The first kappa shape index (κ1) is 16.4. The zero-order valence-electron chi connectivity index (χ0n) is 13.4. The van der Waals surface area contributed by atoms with E-state index >= 15 is 0 Å². The molecule has 0 spiro atoms. The van der Waals surface area contributed by atoms with Crippen LogP contribution in [0, 0.1) is 0 Å². The van der Waals surface area contributed by atoms with E-state index in [9.17, 15) is 13.6 Å². The Morgan fingerprint density at radius 3 is 2.88 bits per heavy atom. The Labute approximate surface area is 138 Å². The largest absolute Gasteiger partial charge is 0.355 e. The van der Waals surface area contributed by atoms with Crippen molar-refractivity contribution in [3.05, 3.63) is 30.2 Å². The second-order valence-corrected chi connectivity index (χ2v) is 5.86. The molecule has 9 heteroatoms. The van der Waals surface area contributed by atoms with Gasteiger partial charge in [0, 0.05) is 38.4 Å². The summed E-state index contributed by atoms with van der Waals surface area (Å²) in [5.74, 6) is 0.627. The number of carbonyl (C=O) groups is 1. The first-order chi connectivity index (χ1) is 11.5. The molecule has 1 amide bonds. The van der Waals surface area contributed by atoms with Gasteiger partial charge in [-0.25, -0.2) is 8.78 Å². The Kier molecular flexibility index (Phi) is 4.77. The molecule has 1 aliphatic rings. The zero-order chi connectivity index (χ0) is 17.1. The Morgan fingerprint density at radius 2 is 2.17 bits per heavy atom. The van der Waals surface area contributed by atoms with Gasteiger partial charge >= 0.3 is 0 Å². The number of halogens is 2. The first-order valence-electron chi connectivity index (χ1n) is 7.88. The fourth-order valence-corrected chi connectivity index (χ4v) is 3.04. The molecule has 130 valence electrons. The molecule has 0 saturated carbocycles. The Morgan fingerprint density at radius 1 is 1.38 bits per heavy atom. The number of anilines is 1. The number of alkyl halides is 2. The van der Waals surface area contributed by atoms with Crippen molar-refractivity contribution in [2.24, 2.45) is 7.05 Å². The highest BCUT2D eigenvalue weighted by atomic mass is 19.3. The van der Waals surface area contributed by atoms with Crippen LogP contribution in [0.2, 0.25) is 0 Å². The van der Waals surface area contributed by atoms with E-state index in [0.29, 0.717) is 6.54 Å². The molecule has 24 heavy (non-hydrogen) atoms. The SMILES string of the molecule is Cn1nccc1N1CCC[C@H](NC(=O)c2ccnn2CC(F)F)C1. The number of rotatable bonds is 5. The van der Waals surface area contributed by atoms with Crippen LogP contribution in [0.25, 0.3) is 0 Å². The topological polar surface area (TPSA) is 68.0 Å². The fourth-order valence-electron chi connectivity index (χ4n) is 3.04. The zero-order valence-corrected chi connectivity index (χ0v) is 13.4. The average Bonchev–Trinajstić information content (AvgIpc) is 3.16. The maximum absolute atomic E-state index is 12.5. The van der Waals surface area contributed by atoms with Gasteiger partial charge in [0.15, 0.2) is 0 Å². The summed E-state index contributed by atoms with van der Waals surface area (Å²) in [6, 6.07) is 3.34. The standard InChI is InChI=1S/C15H20F2N6O/c1-21-14(5-7-18-21)22-8-2-3-11(9-22)20-15(24)12-4-6-19-23(12)10-13(16)17/h4-7,11,13H,2-3,8-10H2,1H3,(H,20,24)/t11-/m0/s1. The molecule has 2 aromatic heterocycles. The molecule has 1 fully saturated rings. The third kappa shape index (κ3) is 3.55. The van der Waals surface area contributed by atoms with Crippen LogP contribution in [0.1, 0.15) is 23.3 Å². The van der Waals surface area contributed by atoms with Crippen LogP contribution in [0.3, 0.4) is 0 Å². The molecule has 3 heterocycles. The fraction of sp³-hybridized carbons (Fsp3) is 0.533. The van der Waals surface area contributed by atoms with Crippen LogP contribution in [-0.4, -0.2) is 51.0 Å². The minimum atomic E-state index is -2.55. The monoisotopic (exact) mass is 338 g/mol. The highest BCUT2D eigenvalue weighted by Gasteiger charge is 2.24. The van der Waals surface area contributed by atoms with Crippen molar-refractivity contribution in [1.29, 1.82) is 0 Å². The van der Waals surface area contributed by atoms with E-state index in [1.54, 1.807) is 10.9 Å². The second kappa shape index (κ2) is 6.98. The molecule has 1 N–H and O–H groups in total. The van der Waals surface area contributed by atoms with Crippen LogP contribution in [0.5, 0.6) is 0 Å². The number of hydrogen-bond acceptors (Lipinski definition) is 4. The van der Waals surface area contributed by atoms with Gasteiger partial charge in [-0.3, -0.25) is 14.2 Å². The van der Waals surface area contributed by atoms with Crippen molar-refractivity contribution in [2.45, 2.75) is 31.9 Å². The van der Waals surface area contributed by atoms with Crippen molar-refractivity contribution in [1.82, 2.24) is 24.9 Å². The van der Waals surface area contributed by atoms with Crippen LogP contribution < -0.4 is 10.2 Å². The van der Waals surface area contributed by atoms with Crippen LogP contribution in [-0.2, 0) is 13.6 Å². The number of hydrogen-bond donors (Lipinski definition) is 1. The van der Waals surface area contributed by atoms with E-state index in [0.717, 1.165) is 29.9 Å². The van der Waals surface area contributed by atoms with E-state index in [2.05, 4.69) is 20.4 Å². The number of aromatic nitrogens is 4. The lowest BCUT2D eigenvalue weighted by Crippen LogP contribution is -2.48. The summed E-state index contributed by atoms with van der Waals surface area (Å²) in [5.41, 5.74) is 0.160. The number of piperidine rings is 1. The van der Waals surface area contributed by atoms with Gasteiger partial charge in [0.25, 0.3) is 12.3 Å². The molecule has 1 saturated heterocycles. The molecule has 1 aliphatic heterocycles. The smallest absolute Gasteiger partial charge is 0.269 e. The molecule has 0 aromatic carbocycles. The van der Waals surface area contributed by atoms with Crippen molar-refractivity contribution < 1.29 is 13.6 Å². The molecular formula is C15H20F2N6O. The van der Waals surface area contributed by atoms with Gasteiger partial charge in [0.1, 0.15) is 18.1 Å². The summed E-state index contributed by atoms with van der Waals surface area (Å²) in [5, 5.41) is 10.9. The number of nitrogens with one attached hydrogen (secondary N) is 1. The van der Waals surface area contributed by atoms with Crippen LogP contribution >= 0.6 is 0 Å². The molecule has 0 radical (unpaired) electrons. The van der Waals surface area contributed by atoms with Crippen molar-refractivity contribution in [3.63, 3.8) is 0 Å². The molecule has 2 aromatic rings. The summed E-state index contributed by atoms with van der Waals surface area (Å²) < 4.78 is 27.9. The quantitative estimate of drug-likeness (QED) is 0.892. The highest BCUT2D eigenvalue weighted by molar-refractivity contribution is 5.92. The summed E-state index contributed by atoms with van der Waals surface area (Å²) in [4.78, 5) is 14.5. The first-order valence-corrected chi connectivity index (χ1v) is 7.88. The van der Waals surface area contributed by atoms with Gasteiger partial charge in [-0.05, 0) is 18.9 Å². The van der Waals surface area contributed by atoms with Crippen LogP contribution in [0.4, 0.5) is 14.6 Å². The maximum Gasteiger partial charge on any atom is 0.269 e. The van der Waals surface area contributed by atoms with Crippen molar-refractivity contribution in [3.8, 4) is 0 Å². The third-order valence-electron chi connectivity index (χ3n) is 4.14. The number of nitrogens with zero attached hydrogens (tertiary/aromatic N) is 5. The molecule has 3 rings (SSSR count). The molecule has 0 aliphatic carbocycles.